The van der Waals surface area contributed by atoms with Crippen LogP contribution >= 0.6 is 0 Å². The Balaban J connectivity index is 1.77. The number of carbonyl (C=O) groups is 1. The van der Waals surface area contributed by atoms with E-state index in [1.807, 2.05) is 35.4 Å². The van der Waals surface area contributed by atoms with Gasteiger partial charge in [0, 0.05) is 37.0 Å². The maximum absolute atomic E-state index is 12.6. The number of aromatic nitrogens is 1. The van der Waals surface area contributed by atoms with Crippen molar-refractivity contribution >= 4 is 16.8 Å². The number of rotatable bonds is 3. The first-order valence-corrected chi connectivity index (χ1v) is 7.25. The van der Waals surface area contributed by atoms with Crippen LogP contribution in [0, 0.1) is 5.92 Å². The van der Waals surface area contributed by atoms with Crippen molar-refractivity contribution in [2.24, 2.45) is 5.92 Å². The second kappa shape index (κ2) is 5.67. The number of hydrogen-bond acceptors (Lipinski definition) is 2. The minimum atomic E-state index is 0.101. The highest BCUT2D eigenvalue weighted by Gasteiger charge is 2.24. The fourth-order valence-corrected chi connectivity index (χ4v) is 3.03. The smallest absolute Gasteiger partial charge is 0.253 e. The minimum Gasteiger partial charge on any atom is -0.396 e. The first-order valence-electron chi connectivity index (χ1n) is 7.25. The highest BCUT2D eigenvalue weighted by Crippen LogP contribution is 2.22. The summed E-state index contributed by atoms with van der Waals surface area (Å²) >= 11 is 0. The number of aliphatic hydroxyl groups is 1. The molecule has 3 rings (SSSR count). The van der Waals surface area contributed by atoms with Crippen molar-refractivity contribution in [2.75, 3.05) is 19.7 Å². The van der Waals surface area contributed by atoms with E-state index in [9.17, 15) is 4.79 Å². The zero-order valence-corrected chi connectivity index (χ0v) is 11.5. The van der Waals surface area contributed by atoms with Crippen molar-refractivity contribution in [1.29, 1.82) is 0 Å². The van der Waals surface area contributed by atoms with Crippen molar-refractivity contribution in [2.45, 2.75) is 19.3 Å². The van der Waals surface area contributed by atoms with Crippen LogP contribution in [-0.4, -0.2) is 40.6 Å². The Labute approximate surface area is 118 Å². The lowest BCUT2D eigenvalue weighted by Crippen LogP contribution is -2.40. The molecular weight excluding hydrogens is 252 g/mol. The Morgan fingerprint density at radius 2 is 2.30 bits per heavy atom. The first-order chi connectivity index (χ1) is 9.78. The third-order valence-electron chi connectivity index (χ3n) is 4.15. The predicted octanol–water partition coefficient (Wildman–Crippen LogP) is 2.40. The molecule has 1 aromatic heterocycles. The number of aromatic amines is 1. The molecule has 0 bridgehead atoms. The number of carbonyl (C=O) groups excluding carboxylic acids is 1. The monoisotopic (exact) mass is 272 g/mol. The second-order valence-corrected chi connectivity index (χ2v) is 5.55. The summed E-state index contributed by atoms with van der Waals surface area (Å²) in [5.74, 6) is 0.538. The molecule has 0 aliphatic carbocycles. The molecule has 1 aliphatic heterocycles. The van der Waals surface area contributed by atoms with Gasteiger partial charge in [0.25, 0.3) is 5.91 Å². The van der Waals surface area contributed by atoms with Crippen molar-refractivity contribution in [3.63, 3.8) is 0 Å². The van der Waals surface area contributed by atoms with E-state index in [4.69, 9.17) is 5.11 Å². The molecule has 20 heavy (non-hydrogen) atoms. The summed E-state index contributed by atoms with van der Waals surface area (Å²) in [6, 6.07) is 7.80. The van der Waals surface area contributed by atoms with Crippen LogP contribution in [-0.2, 0) is 0 Å². The Bertz CT molecular complexity index is 603. The van der Waals surface area contributed by atoms with Gasteiger partial charge in [0.1, 0.15) is 0 Å². The zero-order valence-electron chi connectivity index (χ0n) is 11.5. The van der Waals surface area contributed by atoms with Gasteiger partial charge < -0.3 is 15.0 Å². The molecule has 0 radical (unpaired) electrons. The van der Waals surface area contributed by atoms with Gasteiger partial charge in [0.15, 0.2) is 0 Å². The lowest BCUT2D eigenvalue weighted by molar-refractivity contribution is 0.0654. The summed E-state index contributed by atoms with van der Waals surface area (Å²) in [4.78, 5) is 17.6. The predicted molar refractivity (Wildman–Crippen MR) is 78.6 cm³/mol. The number of hydrogen-bond donors (Lipinski definition) is 2. The Hall–Kier alpha value is -1.81. The van der Waals surface area contributed by atoms with Gasteiger partial charge in [-0.1, -0.05) is 6.07 Å². The van der Waals surface area contributed by atoms with E-state index in [1.54, 1.807) is 0 Å². The largest absolute Gasteiger partial charge is 0.396 e. The van der Waals surface area contributed by atoms with Gasteiger partial charge in [0.2, 0.25) is 0 Å². The normalized spacial score (nSPS) is 19.4. The lowest BCUT2D eigenvalue weighted by Gasteiger charge is -2.32. The quantitative estimate of drug-likeness (QED) is 0.901. The van der Waals surface area contributed by atoms with Crippen LogP contribution in [0.2, 0.25) is 0 Å². The lowest BCUT2D eigenvalue weighted by atomic mass is 9.94. The molecule has 0 saturated carbocycles. The molecule has 1 atom stereocenters. The highest BCUT2D eigenvalue weighted by molar-refractivity contribution is 5.98. The number of aliphatic hydroxyl groups excluding tert-OH is 1. The van der Waals surface area contributed by atoms with Gasteiger partial charge in [-0.2, -0.15) is 0 Å². The number of amides is 1. The van der Waals surface area contributed by atoms with E-state index < -0.39 is 0 Å². The summed E-state index contributed by atoms with van der Waals surface area (Å²) in [6.45, 7) is 1.80. The Kier molecular flexibility index (Phi) is 3.74. The average molecular weight is 272 g/mol. The van der Waals surface area contributed by atoms with Crippen LogP contribution in [0.15, 0.2) is 30.5 Å². The third kappa shape index (κ3) is 2.56. The van der Waals surface area contributed by atoms with Crippen molar-refractivity contribution in [3.05, 3.63) is 36.0 Å². The molecule has 1 amide bonds. The molecule has 2 aromatic rings. The van der Waals surface area contributed by atoms with Crippen LogP contribution < -0.4 is 0 Å². The average Bonchev–Trinajstić information content (AvgIpc) is 2.94. The van der Waals surface area contributed by atoms with E-state index in [-0.39, 0.29) is 12.5 Å². The Morgan fingerprint density at radius 1 is 1.40 bits per heavy atom. The topological polar surface area (TPSA) is 56.3 Å². The van der Waals surface area contributed by atoms with E-state index in [1.165, 1.54) is 0 Å². The van der Waals surface area contributed by atoms with Crippen LogP contribution in [0.25, 0.3) is 10.9 Å². The number of piperidine rings is 1. The van der Waals surface area contributed by atoms with Gasteiger partial charge in [0.05, 0.1) is 0 Å². The zero-order chi connectivity index (χ0) is 13.9. The van der Waals surface area contributed by atoms with Gasteiger partial charge in [-0.15, -0.1) is 0 Å². The number of H-pyrrole nitrogens is 1. The molecule has 1 aromatic carbocycles. The van der Waals surface area contributed by atoms with Crippen LogP contribution in [0.3, 0.4) is 0 Å². The number of likely N-dealkylation sites (tertiary alicyclic amines) is 1. The van der Waals surface area contributed by atoms with Crippen LogP contribution in [0.5, 0.6) is 0 Å². The van der Waals surface area contributed by atoms with Gasteiger partial charge in [-0.3, -0.25) is 4.79 Å². The van der Waals surface area contributed by atoms with E-state index in [2.05, 4.69) is 4.98 Å². The number of nitrogens with one attached hydrogen (secondary N) is 1. The van der Waals surface area contributed by atoms with E-state index in [0.29, 0.717) is 5.92 Å². The molecule has 2 N–H and O–H groups in total. The van der Waals surface area contributed by atoms with Gasteiger partial charge >= 0.3 is 0 Å². The number of benzene rings is 1. The van der Waals surface area contributed by atoms with Crippen molar-refractivity contribution < 1.29 is 9.90 Å². The summed E-state index contributed by atoms with van der Waals surface area (Å²) in [5.41, 5.74) is 1.74. The Morgan fingerprint density at radius 3 is 3.15 bits per heavy atom. The van der Waals surface area contributed by atoms with Crippen LogP contribution in [0.4, 0.5) is 0 Å². The van der Waals surface area contributed by atoms with Gasteiger partial charge in [-0.05, 0) is 48.8 Å². The first kappa shape index (κ1) is 13.2. The molecular formula is C16H20N2O2. The molecule has 1 fully saturated rings. The molecule has 1 aliphatic rings. The van der Waals surface area contributed by atoms with E-state index >= 15 is 0 Å². The minimum absolute atomic E-state index is 0.101. The fourth-order valence-electron chi connectivity index (χ4n) is 3.03. The highest BCUT2D eigenvalue weighted by atomic mass is 16.3. The third-order valence-corrected chi connectivity index (χ3v) is 4.15. The SMILES string of the molecule is O=C(c1ccc2cc[nH]c2c1)N1CCCC(CCO)C1. The summed E-state index contributed by atoms with van der Waals surface area (Å²) in [5, 5.41) is 10.2. The van der Waals surface area contributed by atoms with Gasteiger partial charge in [-0.25, -0.2) is 0 Å². The standard InChI is InChI=1S/C16H20N2O2/c19-9-6-12-2-1-8-18(11-12)16(20)14-4-3-13-5-7-17-15(13)10-14/h3-5,7,10,12,17,19H,1-2,6,8-9,11H2. The maximum atomic E-state index is 12.6. The maximum Gasteiger partial charge on any atom is 0.253 e. The molecule has 1 saturated heterocycles. The summed E-state index contributed by atoms with van der Waals surface area (Å²) in [7, 11) is 0. The van der Waals surface area contributed by atoms with Crippen molar-refractivity contribution in [3.8, 4) is 0 Å². The molecule has 4 nitrogen and oxygen atoms in total. The number of nitrogens with zero attached hydrogens (tertiary/aromatic N) is 1. The fraction of sp³-hybridized carbons (Fsp3) is 0.438. The molecule has 4 heteroatoms. The van der Waals surface area contributed by atoms with Crippen LogP contribution in [0.1, 0.15) is 29.6 Å². The van der Waals surface area contributed by atoms with Crippen molar-refractivity contribution in [1.82, 2.24) is 9.88 Å². The molecule has 2 heterocycles. The molecule has 1 unspecified atom stereocenters. The summed E-state index contributed by atoms with van der Waals surface area (Å²) in [6.07, 6.45) is 4.82. The number of fused-ring (bicyclic) bond motifs is 1. The second-order valence-electron chi connectivity index (χ2n) is 5.55. The van der Waals surface area contributed by atoms with E-state index in [0.717, 1.165) is 48.8 Å². The molecule has 106 valence electrons. The summed E-state index contributed by atoms with van der Waals surface area (Å²) < 4.78 is 0. The molecule has 0 spiro atoms.